The standard InChI is InChI=1S/C21H33F3N4O3.HI/c1-25-20(26-8-6-5-7-21(22,23)24)28-11-9-27(10-12-28)15-16-13-17(29-2)19(31-4)18(14-16)30-3;/h13-14H,5-12,15H2,1-4H3,(H,25,26);1H. The van der Waals surface area contributed by atoms with Crippen molar-refractivity contribution in [2.75, 3.05) is 61.1 Å². The molecule has 0 aromatic heterocycles. The van der Waals surface area contributed by atoms with E-state index >= 15 is 0 Å². The lowest BCUT2D eigenvalue weighted by Gasteiger charge is -2.36. The van der Waals surface area contributed by atoms with Crippen LogP contribution in [0.2, 0.25) is 0 Å². The third-order valence-electron chi connectivity index (χ3n) is 5.18. The van der Waals surface area contributed by atoms with Gasteiger partial charge in [-0.1, -0.05) is 0 Å². The van der Waals surface area contributed by atoms with Gasteiger partial charge in [-0.2, -0.15) is 13.2 Å². The van der Waals surface area contributed by atoms with Gasteiger partial charge in [-0.25, -0.2) is 0 Å². The van der Waals surface area contributed by atoms with Crippen molar-refractivity contribution in [2.45, 2.75) is 32.0 Å². The molecule has 1 fully saturated rings. The maximum absolute atomic E-state index is 12.2. The zero-order valence-corrected chi connectivity index (χ0v) is 21.5. The van der Waals surface area contributed by atoms with Crippen LogP contribution in [0.5, 0.6) is 17.2 Å². The van der Waals surface area contributed by atoms with Gasteiger partial charge in [0.15, 0.2) is 17.5 Å². The van der Waals surface area contributed by atoms with Crippen LogP contribution >= 0.6 is 24.0 Å². The molecule has 1 aliphatic heterocycles. The first-order valence-electron chi connectivity index (χ1n) is 10.3. The first-order valence-corrected chi connectivity index (χ1v) is 10.3. The Morgan fingerprint density at radius 3 is 2.06 bits per heavy atom. The predicted octanol–water partition coefficient (Wildman–Crippen LogP) is 3.76. The van der Waals surface area contributed by atoms with Crippen molar-refractivity contribution >= 4 is 29.9 Å². The van der Waals surface area contributed by atoms with Crippen molar-refractivity contribution in [1.29, 1.82) is 0 Å². The van der Waals surface area contributed by atoms with Gasteiger partial charge in [-0.15, -0.1) is 24.0 Å². The van der Waals surface area contributed by atoms with E-state index in [1.807, 2.05) is 12.1 Å². The molecule has 0 bridgehead atoms. The largest absolute Gasteiger partial charge is 0.493 e. The first-order chi connectivity index (χ1) is 14.8. The molecule has 0 spiro atoms. The Hall–Kier alpha value is -1.63. The number of ether oxygens (including phenoxy) is 3. The molecule has 0 unspecified atom stereocenters. The van der Waals surface area contributed by atoms with Gasteiger partial charge in [0.1, 0.15) is 0 Å². The highest BCUT2D eigenvalue weighted by Crippen LogP contribution is 2.38. The van der Waals surface area contributed by atoms with Gasteiger partial charge in [0.25, 0.3) is 0 Å². The van der Waals surface area contributed by atoms with E-state index in [-0.39, 0.29) is 30.4 Å². The summed E-state index contributed by atoms with van der Waals surface area (Å²) in [6.07, 6.45) is -4.25. The number of halogens is 4. The maximum atomic E-state index is 12.2. The molecule has 1 heterocycles. The monoisotopic (exact) mass is 574 g/mol. The van der Waals surface area contributed by atoms with E-state index in [4.69, 9.17) is 14.2 Å². The first kappa shape index (κ1) is 28.4. The molecule has 1 saturated heterocycles. The molecule has 1 N–H and O–H groups in total. The third kappa shape index (κ3) is 8.72. The fraction of sp³-hybridized carbons (Fsp3) is 0.667. The molecule has 32 heavy (non-hydrogen) atoms. The smallest absolute Gasteiger partial charge is 0.389 e. The van der Waals surface area contributed by atoms with Crippen LogP contribution in [0.4, 0.5) is 13.2 Å². The van der Waals surface area contributed by atoms with Crippen LogP contribution < -0.4 is 19.5 Å². The van der Waals surface area contributed by atoms with Gasteiger partial charge in [0.2, 0.25) is 5.75 Å². The molecular weight excluding hydrogens is 540 g/mol. The van der Waals surface area contributed by atoms with E-state index in [0.717, 1.165) is 44.2 Å². The average molecular weight is 574 g/mol. The second-order valence-electron chi connectivity index (χ2n) is 7.34. The quantitative estimate of drug-likeness (QED) is 0.210. The Balaban J connectivity index is 0.00000512. The van der Waals surface area contributed by atoms with Crippen molar-refractivity contribution in [3.63, 3.8) is 0 Å². The molecule has 1 aromatic rings. The molecule has 0 radical (unpaired) electrons. The maximum Gasteiger partial charge on any atom is 0.389 e. The summed E-state index contributed by atoms with van der Waals surface area (Å²) in [5.74, 6) is 2.57. The summed E-state index contributed by atoms with van der Waals surface area (Å²) in [7, 11) is 6.47. The van der Waals surface area contributed by atoms with Crippen LogP contribution in [0, 0.1) is 0 Å². The summed E-state index contributed by atoms with van der Waals surface area (Å²) in [4.78, 5) is 8.74. The molecular formula is C21H34F3IN4O3. The number of methoxy groups -OCH3 is 3. The molecule has 7 nitrogen and oxygen atoms in total. The number of benzene rings is 1. The Bertz CT molecular complexity index is 702. The Kier molecular flexibility index (Phi) is 12.3. The Labute approximate surface area is 205 Å². The zero-order chi connectivity index (χ0) is 22.9. The van der Waals surface area contributed by atoms with E-state index in [1.54, 1.807) is 28.4 Å². The second-order valence-corrected chi connectivity index (χ2v) is 7.34. The zero-order valence-electron chi connectivity index (χ0n) is 19.1. The number of nitrogens with one attached hydrogen (secondary N) is 1. The van der Waals surface area contributed by atoms with Crippen LogP contribution in [-0.2, 0) is 6.54 Å². The van der Waals surface area contributed by atoms with Crippen LogP contribution in [0.1, 0.15) is 24.8 Å². The molecule has 0 amide bonds. The SMILES string of the molecule is CN=C(NCCCCC(F)(F)F)N1CCN(Cc2cc(OC)c(OC)c(OC)c2)CC1.I. The van der Waals surface area contributed by atoms with Crippen molar-refractivity contribution in [3.05, 3.63) is 17.7 Å². The summed E-state index contributed by atoms with van der Waals surface area (Å²) in [6.45, 7) is 4.47. The fourth-order valence-corrected chi connectivity index (χ4v) is 3.59. The van der Waals surface area contributed by atoms with Gasteiger partial charge >= 0.3 is 6.18 Å². The van der Waals surface area contributed by atoms with Crippen molar-refractivity contribution < 1.29 is 27.4 Å². The highest BCUT2D eigenvalue weighted by molar-refractivity contribution is 14.0. The lowest BCUT2D eigenvalue weighted by molar-refractivity contribution is -0.135. The molecule has 1 aliphatic rings. The molecule has 11 heteroatoms. The minimum atomic E-state index is -4.09. The summed E-state index contributed by atoms with van der Waals surface area (Å²) >= 11 is 0. The number of hydrogen-bond acceptors (Lipinski definition) is 5. The van der Waals surface area contributed by atoms with Crippen LogP contribution in [0.25, 0.3) is 0 Å². The van der Waals surface area contributed by atoms with Crippen LogP contribution in [0.3, 0.4) is 0 Å². The molecule has 0 aliphatic carbocycles. The predicted molar refractivity (Wildman–Crippen MR) is 130 cm³/mol. The lowest BCUT2D eigenvalue weighted by Crippen LogP contribution is -2.52. The number of rotatable bonds is 9. The minimum Gasteiger partial charge on any atom is -0.493 e. The van der Waals surface area contributed by atoms with E-state index < -0.39 is 12.6 Å². The number of guanidine groups is 1. The second kappa shape index (κ2) is 13.8. The molecule has 1 aromatic carbocycles. The van der Waals surface area contributed by atoms with E-state index in [1.165, 1.54) is 0 Å². The summed E-state index contributed by atoms with van der Waals surface area (Å²) in [6, 6.07) is 3.91. The molecule has 2 rings (SSSR count). The van der Waals surface area contributed by atoms with Crippen molar-refractivity contribution in [3.8, 4) is 17.2 Å². The number of nitrogens with zero attached hydrogens (tertiary/aromatic N) is 3. The van der Waals surface area contributed by atoms with Gasteiger partial charge in [0.05, 0.1) is 21.3 Å². The van der Waals surface area contributed by atoms with E-state index in [0.29, 0.717) is 30.2 Å². The minimum absolute atomic E-state index is 0. The van der Waals surface area contributed by atoms with Crippen molar-refractivity contribution in [1.82, 2.24) is 15.1 Å². The number of unbranched alkanes of at least 4 members (excludes halogenated alkanes) is 1. The number of aliphatic imine (C=N–C) groups is 1. The van der Waals surface area contributed by atoms with E-state index in [2.05, 4.69) is 20.1 Å². The van der Waals surface area contributed by atoms with Gasteiger partial charge < -0.3 is 24.4 Å². The third-order valence-corrected chi connectivity index (χ3v) is 5.18. The van der Waals surface area contributed by atoms with Gasteiger partial charge in [0, 0.05) is 52.7 Å². The Morgan fingerprint density at radius 2 is 1.59 bits per heavy atom. The Morgan fingerprint density at radius 1 is 1.00 bits per heavy atom. The fourth-order valence-electron chi connectivity index (χ4n) is 3.59. The number of piperazine rings is 1. The highest BCUT2D eigenvalue weighted by Gasteiger charge is 2.26. The summed E-state index contributed by atoms with van der Waals surface area (Å²) < 4.78 is 52.9. The summed E-state index contributed by atoms with van der Waals surface area (Å²) in [5.41, 5.74) is 1.06. The van der Waals surface area contributed by atoms with Crippen molar-refractivity contribution in [2.24, 2.45) is 4.99 Å². The summed E-state index contributed by atoms with van der Waals surface area (Å²) in [5, 5.41) is 3.18. The highest BCUT2D eigenvalue weighted by atomic mass is 127. The van der Waals surface area contributed by atoms with Crippen LogP contribution in [0.15, 0.2) is 17.1 Å². The molecule has 184 valence electrons. The molecule has 0 saturated carbocycles. The topological polar surface area (TPSA) is 58.6 Å². The number of alkyl halides is 3. The van der Waals surface area contributed by atoms with Gasteiger partial charge in [-0.3, -0.25) is 9.89 Å². The average Bonchev–Trinajstić information content (AvgIpc) is 2.75. The molecule has 0 atom stereocenters. The lowest BCUT2D eigenvalue weighted by atomic mass is 10.1. The normalized spacial score (nSPS) is 15.2. The number of hydrogen-bond donors (Lipinski definition) is 1. The van der Waals surface area contributed by atoms with E-state index in [9.17, 15) is 13.2 Å². The van der Waals surface area contributed by atoms with Gasteiger partial charge in [-0.05, 0) is 30.5 Å². The van der Waals surface area contributed by atoms with Crippen LogP contribution in [-0.4, -0.2) is 83.0 Å².